The molecule has 1 aromatic rings. The van der Waals surface area contributed by atoms with Gasteiger partial charge in [0.2, 0.25) is 0 Å². The Morgan fingerprint density at radius 1 is 1.33 bits per heavy atom. The molecule has 0 atom stereocenters. The number of aliphatic carboxylic acids is 1. The summed E-state index contributed by atoms with van der Waals surface area (Å²) < 4.78 is 0. The molecule has 4 nitrogen and oxygen atoms in total. The monoisotopic (exact) mass is 208 g/mol. The summed E-state index contributed by atoms with van der Waals surface area (Å²) in [7, 11) is 0. The fourth-order valence-electron chi connectivity index (χ4n) is 1.35. The van der Waals surface area contributed by atoms with Crippen molar-refractivity contribution < 1.29 is 9.90 Å². The van der Waals surface area contributed by atoms with Gasteiger partial charge in [-0.2, -0.15) is 0 Å². The quantitative estimate of drug-likeness (QED) is 0.821. The van der Waals surface area contributed by atoms with Gasteiger partial charge in [0.15, 0.2) is 0 Å². The van der Waals surface area contributed by atoms with Crippen LogP contribution in [0.2, 0.25) is 0 Å². The van der Waals surface area contributed by atoms with Crippen molar-refractivity contribution in [2.75, 3.05) is 0 Å². The third-order valence-corrected chi connectivity index (χ3v) is 2.21. The van der Waals surface area contributed by atoms with Gasteiger partial charge in [0.25, 0.3) is 0 Å². The summed E-state index contributed by atoms with van der Waals surface area (Å²) >= 11 is 0. The van der Waals surface area contributed by atoms with Crippen LogP contribution in [-0.4, -0.2) is 21.0 Å². The molecular weight excluding hydrogens is 192 g/mol. The SMILES string of the molecule is Cc1cc(C)nc(CC(C)(C)C(=O)O)n1. The Bertz CT molecular complexity index is 366. The van der Waals surface area contributed by atoms with E-state index in [1.807, 2.05) is 19.9 Å². The molecule has 0 bridgehead atoms. The minimum absolute atomic E-state index is 0.352. The Kier molecular flexibility index (Phi) is 3.07. The largest absolute Gasteiger partial charge is 0.481 e. The molecule has 0 aliphatic heterocycles. The normalized spacial score (nSPS) is 11.5. The van der Waals surface area contributed by atoms with E-state index >= 15 is 0 Å². The minimum atomic E-state index is -0.828. The predicted molar refractivity (Wildman–Crippen MR) is 56.6 cm³/mol. The lowest BCUT2D eigenvalue weighted by Crippen LogP contribution is -2.27. The van der Waals surface area contributed by atoms with Crippen molar-refractivity contribution in [3.8, 4) is 0 Å². The van der Waals surface area contributed by atoms with Crippen LogP contribution < -0.4 is 0 Å². The second-order valence-electron chi connectivity index (χ2n) is 4.43. The molecule has 0 aliphatic rings. The molecule has 0 aromatic carbocycles. The van der Waals surface area contributed by atoms with E-state index < -0.39 is 11.4 Å². The molecule has 0 saturated heterocycles. The first-order valence-corrected chi connectivity index (χ1v) is 4.86. The number of rotatable bonds is 3. The molecule has 0 unspecified atom stereocenters. The van der Waals surface area contributed by atoms with Gasteiger partial charge in [-0.1, -0.05) is 0 Å². The van der Waals surface area contributed by atoms with Crippen molar-refractivity contribution in [3.63, 3.8) is 0 Å². The Morgan fingerprint density at radius 3 is 2.20 bits per heavy atom. The Hall–Kier alpha value is -1.45. The van der Waals surface area contributed by atoms with Gasteiger partial charge < -0.3 is 5.11 Å². The maximum Gasteiger partial charge on any atom is 0.309 e. The van der Waals surface area contributed by atoms with Gasteiger partial charge in [0, 0.05) is 17.8 Å². The van der Waals surface area contributed by atoms with E-state index in [1.165, 1.54) is 0 Å². The van der Waals surface area contributed by atoms with Crippen LogP contribution in [-0.2, 0) is 11.2 Å². The number of nitrogens with zero attached hydrogens (tertiary/aromatic N) is 2. The molecule has 0 aliphatic carbocycles. The van der Waals surface area contributed by atoms with Gasteiger partial charge in [-0.3, -0.25) is 4.79 Å². The molecule has 15 heavy (non-hydrogen) atoms. The van der Waals surface area contributed by atoms with Crippen LogP contribution in [0.1, 0.15) is 31.1 Å². The van der Waals surface area contributed by atoms with Gasteiger partial charge in [-0.25, -0.2) is 9.97 Å². The standard InChI is InChI=1S/C11H16N2O2/c1-7-5-8(2)13-9(12-7)6-11(3,4)10(14)15/h5H,6H2,1-4H3,(H,14,15). The van der Waals surface area contributed by atoms with Crippen LogP contribution in [0.4, 0.5) is 0 Å². The van der Waals surface area contributed by atoms with Gasteiger partial charge in [0.1, 0.15) is 5.82 Å². The number of hydrogen-bond acceptors (Lipinski definition) is 3. The van der Waals surface area contributed by atoms with Crippen molar-refractivity contribution >= 4 is 5.97 Å². The number of aryl methyl sites for hydroxylation is 2. The third-order valence-electron chi connectivity index (χ3n) is 2.21. The topological polar surface area (TPSA) is 63.1 Å². The fourth-order valence-corrected chi connectivity index (χ4v) is 1.35. The molecule has 1 N–H and O–H groups in total. The molecule has 0 spiro atoms. The highest BCUT2D eigenvalue weighted by molar-refractivity contribution is 5.73. The molecule has 1 aromatic heterocycles. The van der Waals surface area contributed by atoms with Crippen LogP contribution in [0, 0.1) is 19.3 Å². The Labute approximate surface area is 89.4 Å². The zero-order valence-corrected chi connectivity index (χ0v) is 9.53. The third kappa shape index (κ3) is 3.01. The Balaban J connectivity index is 2.94. The van der Waals surface area contributed by atoms with E-state index in [1.54, 1.807) is 13.8 Å². The molecular formula is C11H16N2O2. The van der Waals surface area contributed by atoms with E-state index in [4.69, 9.17) is 5.11 Å². The first-order chi connectivity index (χ1) is 6.81. The summed E-state index contributed by atoms with van der Waals surface area (Å²) in [6, 6.07) is 1.87. The average molecular weight is 208 g/mol. The van der Waals surface area contributed by atoms with E-state index in [9.17, 15) is 4.79 Å². The van der Waals surface area contributed by atoms with Crippen LogP contribution in [0.25, 0.3) is 0 Å². The summed E-state index contributed by atoms with van der Waals surface area (Å²) in [5.41, 5.74) is 0.928. The molecule has 0 amide bonds. The summed E-state index contributed by atoms with van der Waals surface area (Å²) in [6.07, 6.45) is 0.352. The molecule has 0 fully saturated rings. The molecule has 82 valence electrons. The molecule has 1 heterocycles. The molecule has 0 radical (unpaired) electrons. The van der Waals surface area contributed by atoms with Gasteiger partial charge in [-0.15, -0.1) is 0 Å². The lowest BCUT2D eigenvalue weighted by atomic mass is 9.89. The maximum absolute atomic E-state index is 10.9. The second-order valence-corrected chi connectivity index (χ2v) is 4.43. The highest BCUT2D eigenvalue weighted by Crippen LogP contribution is 2.20. The first-order valence-electron chi connectivity index (χ1n) is 4.86. The smallest absolute Gasteiger partial charge is 0.309 e. The number of carboxylic acid groups (broad SMARTS) is 1. The van der Waals surface area contributed by atoms with E-state index in [-0.39, 0.29) is 0 Å². The van der Waals surface area contributed by atoms with Crippen LogP contribution in [0.5, 0.6) is 0 Å². The average Bonchev–Trinajstić information content (AvgIpc) is 1.99. The van der Waals surface area contributed by atoms with Crippen molar-refractivity contribution in [2.45, 2.75) is 34.1 Å². The van der Waals surface area contributed by atoms with Crippen molar-refractivity contribution in [1.82, 2.24) is 9.97 Å². The molecule has 1 rings (SSSR count). The van der Waals surface area contributed by atoms with Gasteiger partial charge >= 0.3 is 5.97 Å². The number of hydrogen-bond donors (Lipinski definition) is 1. The zero-order valence-electron chi connectivity index (χ0n) is 9.53. The highest BCUT2D eigenvalue weighted by atomic mass is 16.4. The van der Waals surface area contributed by atoms with Crippen LogP contribution in [0.3, 0.4) is 0 Å². The Morgan fingerprint density at radius 2 is 1.80 bits per heavy atom. The zero-order chi connectivity index (χ0) is 11.6. The van der Waals surface area contributed by atoms with E-state index in [0.29, 0.717) is 12.2 Å². The molecule has 4 heteroatoms. The lowest BCUT2D eigenvalue weighted by molar-refractivity contribution is -0.146. The lowest BCUT2D eigenvalue weighted by Gasteiger charge is -2.17. The number of carbonyl (C=O) groups is 1. The summed E-state index contributed by atoms with van der Waals surface area (Å²) in [5, 5.41) is 8.99. The fraction of sp³-hybridized carbons (Fsp3) is 0.545. The second kappa shape index (κ2) is 3.96. The summed E-state index contributed by atoms with van der Waals surface area (Å²) in [6.45, 7) is 7.12. The van der Waals surface area contributed by atoms with Gasteiger partial charge in [-0.05, 0) is 33.8 Å². The van der Waals surface area contributed by atoms with Crippen molar-refractivity contribution in [2.24, 2.45) is 5.41 Å². The number of aromatic nitrogens is 2. The van der Waals surface area contributed by atoms with E-state index in [2.05, 4.69) is 9.97 Å². The highest BCUT2D eigenvalue weighted by Gasteiger charge is 2.28. The summed E-state index contributed by atoms with van der Waals surface area (Å²) in [5.74, 6) is -0.231. The van der Waals surface area contributed by atoms with Crippen molar-refractivity contribution in [3.05, 3.63) is 23.3 Å². The van der Waals surface area contributed by atoms with E-state index in [0.717, 1.165) is 11.4 Å². The van der Waals surface area contributed by atoms with Gasteiger partial charge in [0.05, 0.1) is 5.41 Å². The van der Waals surface area contributed by atoms with Crippen molar-refractivity contribution in [1.29, 1.82) is 0 Å². The first kappa shape index (κ1) is 11.6. The predicted octanol–water partition coefficient (Wildman–Crippen LogP) is 1.75. The van der Waals surface area contributed by atoms with Crippen LogP contribution in [0.15, 0.2) is 6.07 Å². The molecule has 0 saturated carbocycles. The van der Waals surface area contributed by atoms with Crippen LogP contribution >= 0.6 is 0 Å². The number of carboxylic acids is 1. The minimum Gasteiger partial charge on any atom is -0.481 e. The maximum atomic E-state index is 10.9. The summed E-state index contributed by atoms with van der Waals surface area (Å²) in [4.78, 5) is 19.4.